The zero-order chi connectivity index (χ0) is 29.7. The molecule has 0 radical (unpaired) electrons. The van der Waals surface area contributed by atoms with E-state index in [0.29, 0.717) is 5.41 Å². The van der Waals surface area contributed by atoms with Gasteiger partial charge in [-0.15, -0.1) is 0 Å². The van der Waals surface area contributed by atoms with Crippen LogP contribution >= 0.6 is 0 Å². The Bertz CT molecular complexity index is 1020. The van der Waals surface area contributed by atoms with Crippen LogP contribution < -0.4 is 0 Å². The molecule has 9 fully saturated rings. The summed E-state index contributed by atoms with van der Waals surface area (Å²) in [6.45, 7) is 10.9. The first-order valence-corrected chi connectivity index (χ1v) is 21.5. The van der Waals surface area contributed by atoms with E-state index in [0.717, 1.165) is 107 Å². The monoisotopic (exact) mass is 601 g/mol. The maximum absolute atomic E-state index is 2.81. The second kappa shape index (κ2) is 11.6. The summed E-state index contributed by atoms with van der Waals surface area (Å²) in [6.07, 6.45) is 33.7. The highest BCUT2D eigenvalue weighted by Crippen LogP contribution is 2.78. The lowest BCUT2D eigenvalue weighted by Gasteiger charge is -2.62. The van der Waals surface area contributed by atoms with E-state index in [9.17, 15) is 0 Å². The van der Waals surface area contributed by atoms with E-state index in [-0.39, 0.29) is 0 Å². The molecule has 0 aromatic carbocycles. The summed E-state index contributed by atoms with van der Waals surface area (Å²) in [5.41, 5.74) is 0.712. The molecule has 17 unspecified atom stereocenters. The third-order valence-corrected chi connectivity index (χ3v) is 18.7. The van der Waals surface area contributed by atoms with Gasteiger partial charge in [-0.3, -0.25) is 0 Å². The van der Waals surface area contributed by atoms with Crippen molar-refractivity contribution in [3.63, 3.8) is 0 Å². The highest BCUT2D eigenvalue weighted by atomic mass is 14.8. The Hall–Kier alpha value is 0. The molecule has 9 rings (SSSR count). The van der Waals surface area contributed by atoms with E-state index in [4.69, 9.17) is 0 Å². The summed E-state index contributed by atoms with van der Waals surface area (Å²) in [5, 5.41) is 0. The molecular weight excluding hydrogens is 528 g/mol. The summed E-state index contributed by atoms with van der Waals surface area (Å²) >= 11 is 0. The molecule has 0 aliphatic heterocycles. The molecule has 0 amide bonds. The first-order valence-electron chi connectivity index (χ1n) is 21.5. The highest BCUT2D eigenvalue weighted by Gasteiger charge is 2.72. The first-order chi connectivity index (χ1) is 21.5. The van der Waals surface area contributed by atoms with Crippen LogP contribution in [-0.2, 0) is 0 Å². The molecule has 0 bridgehead atoms. The van der Waals surface area contributed by atoms with Crippen molar-refractivity contribution in [2.45, 2.75) is 163 Å². The van der Waals surface area contributed by atoms with Gasteiger partial charge in [0.05, 0.1) is 0 Å². The number of hydrogen-bond donors (Lipinski definition) is 0. The molecule has 9 saturated carbocycles. The van der Waals surface area contributed by atoms with E-state index in [2.05, 4.69) is 27.7 Å². The Labute approximate surface area is 273 Å². The summed E-state index contributed by atoms with van der Waals surface area (Å²) in [6, 6.07) is 0. The fourth-order valence-corrected chi connectivity index (χ4v) is 18.2. The Morgan fingerprint density at radius 1 is 0.477 bits per heavy atom. The second-order valence-electron chi connectivity index (χ2n) is 20.5. The minimum Gasteiger partial charge on any atom is -0.0625 e. The van der Waals surface area contributed by atoms with E-state index in [1.165, 1.54) is 6.42 Å². The molecule has 0 nitrogen and oxygen atoms in total. The number of hydrogen-bond acceptors (Lipinski definition) is 0. The zero-order valence-corrected chi connectivity index (χ0v) is 29.7. The minimum atomic E-state index is 0.712. The molecule has 0 heteroatoms. The van der Waals surface area contributed by atoms with E-state index in [1.54, 1.807) is 128 Å². The molecule has 17 atom stereocenters. The minimum absolute atomic E-state index is 0.712. The number of rotatable bonds is 2. The Balaban J connectivity index is 1.15. The van der Waals surface area contributed by atoms with Crippen LogP contribution in [0, 0.1) is 112 Å². The van der Waals surface area contributed by atoms with Crippen molar-refractivity contribution in [2.75, 3.05) is 0 Å². The van der Waals surface area contributed by atoms with Crippen molar-refractivity contribution in [2.24, 2.45) is 112 Å². The van der Waals surface area contributed by atoms with Crippen LogP contribution in [-0.4, -0.2) is 0 Å². The lowest BCUT2D eigenvalue weighted by atomic mass is 9.43. The van der Waals surface area contributed by atoms with Gasteiger partial charge in [0.25, 0.3) is 0 Å². The summed E-state index contributed by atoms with van der Waals surface area (Å²) in [4.78, 5) is 0. The van der Waals surface area contributed by atoms with Gasteiger partial charge in [-0.1, -0.05) is 98.3 Å². The molecule has 0 aromatic heterocycles. The van der Waals surface area contributed by atoms with Gasteiger partial charge < -0.3 is 0 Å². The van der Waals surface area contributed by atoms with Gasteiger partial charge in [0.2, 0.25) is 0 Å². The van der Waals surface area contributed by atoms with Gasteiger partial charge in [0.1, 0.15) is 0 Å². The smallest absolute Gasteiger partial charge is 0.0197 e. The van der Waals surface area contributed by atoms with Crippen LogP contribution in [0.25, 0.3) is 0 Å². The molecule has 0 heterocycles. The van der Waals surface area contributed by atoms with Crippen LogP contribution in [0.15, 0.2) is 0 Å². The second-order valence-corrected chi connectivity index (χ2v) is 20.5. The quantitative estimate of drug-likeness (QED) is 0.296. The Morgan fingerprint density at radius 2 is 1.14 bits per heavy atom. The van der Waals surface area contributed by atoms with Crippen molar-refractivity contribution in [1.29, 1.82) is 0 Å². The van der Waals surface area contributed by atoms with E-state index < -0.39 is 0 Å². The van der Waals surface area contributed by atoms with Crippen LogP contribution in [0.1, 0.15) is 163 Å². The normalized spacial score (nSPS) is 57.2. The van der Waals surface area contributed by atoms with Crippen molar-refractivity contribution < 1.29 is 0 Å². The van der Waals surface area contributed by atoms with Gasteiger partial charge >= 0.3 is 0 Å². The maximum atomic E-state index is 2.81. The molecule has 9 aliphatic rings. The fourth-order valence-electron chi connectivity index (χ4n) is 18.2. The van der Waals surface area contributed by atoms with Crippen LogP contribution in [0.5, 0.6) is 0 Å². The van der Waals surface area contributed by atoms with Crippen LogP contribution in [0.2, 0.25) is 0 Å². The third kappa shape index (κ3) is 4.45. The van der Waals surface area contributed by atoms with E-state index in [1.807, 2.05) is 0 Å². The topological polar surface area (TPSA) is 0 Å². The van der Waals surface area contributed by atoms with Crippen molar-refractivity contribution >= 4 is 0 Å². The molecule has 0 N–H and O–H groups in total. The zero-order valence-electron chi connectivity index (χ0n) is 29.7. The van der Waals surface area contributed by atoms with Crippen LogP contribution in [0.4, 0.5) is 0 Å². The molecule has 44 heavy (non-hydrogen) atoms. The molecule has 1 spiro atoms. The van der Waals surface area contributed by atoms with Crippen molar-refractivity contribution in [3.8, 4) is 0 Å². The van der Waals surface area contributed by atoms with Gasteiger partial charge in [0, 0.05) is 0 Å². The molecule has 0 aromatic rings. The predicted octanol–water partition coefficient (Wildman–Crippen LogP) is 12.5. The van der Waals surface area contributed by atoms with Crippen molar-refractivity contribution in [1.82, 2.24) is 0 Å². The largest absolute Gasteiger partial charge is 0.0625 e. The summed E-state index contributed by atoms with van der Waals surface area (Å²) < 4.78 is 0. The maximum Gasteiger partial charge on any atom is -0.0197 e. The lowest BCUT2D eigenvalue weighted by Crippen LogP contribution is -2.56. The molecule has 9 aliphatic carbocycles. The summed E-state index contributed by atoms with van der Waals surface area (Å²) in [7, 11) is 0. The average molecular weight is 601 g/mol. The standard InChI is InChI=1S/C44H72/c1-26(2)36-24-39-41-38-23-32-21-30-14-8-9-15-31(30)22-37(32)34(38)18-19-40(41)44(43(39)35-17-11-10-16-33(35)36)25-27(3)20-28(4)42(44)29-12-6-5-7-13-29/h26-43H,5-25H2,1-4H3. The van der Waals surface area contributed by atoms with Crippen molar-refractivity contribution in [3.05, 3.63) is 0 Å². The third-order valence-electron chi connectivity index (χ3n) is 18.7. The average Bonchev–Trinajstić information content (AvgIpc) is 3.52. The van der Waals surface area contributed by atoms with Gasteiger partial charge in [0.15, 0.2) is 0 Å². The molecule has 0 saturated heterocycles. The first kappa shape index (κ1) is 30.1. The van der Waals surface area contributed by atoms with Gasteiger partial charge in [-0.25, -0.2) is 0 Å². The lowest BCUT2D eigenvalue weighted by molar-refractivity contribution is -0.139. The predicted molar refractivity (Wildman–Crippen MR) is 185 cm³/mol. The Kier molecular flexibility index (Phi) is 7.91. The van der Waals surface area contributed by atoms with Gasteiger partial charge in [-0.05, 0) is 176 Å². The van der Waals surface area contributed by atoms with Crippen LogP contribution in [0.3, 0.4) is 0 Å². The number of fused-ring (bicyclic) bond motifs is 12. The summed E-state index contributed by atoms with van der Waals surface area (Å²) in [5.74, 6) is 19.4. The highest BCUT2D eigenvalue weighted by molar-refractivity contribution is 5.20. The molecule has 248 valence electrons. The fraction of sp³-hybridized carbons (Fsp3) is 1.00. The SMILES string of the molecule is CC1CC(C)C(C2CCCCC2)C2(C1)C1CCC3C4CC5CCCCC5CC4CC3C1C1CC(C(C)C)C3CCCCC3C12. The molecular formula is C44H72. The Morgan fingerprint density at radius 3 is 1.91 bits per heavy atom. The van der Waals surface area contributed by atoms with Gasteiger partial charge in [-0.2, -0.15) is 0 Å². The van der Waals surface area contributed by atoms with E-state index >= 15 is 0 Å².